The van der Waals surface area contributed by atoms with Gasteiger partial charge in [-0.15, -0.1) is 5.10 Å². The molecule has 1 aromatic carbocycles. The van der Waals surface area contributed by atoms with Gasteiger partial charge in [0.05, 0.1) is 22.4 Å². The van der Waals surface area contributed by atoms with Gasteiger partial charge in [-0.2, -0.15) is 0 Å². The number of halogens is 2. The molecule has 10 heteroatoms. The van der Waals surface area contributed by atoms with E-state index in [1.807, 2.05) is 13.8 Å². The van der Waals surface area contributed by atoms with Gasteiger partial charge in [0.25, 0.3) is 5.91 Å². The summed E-state index contributed by atoms with van der Waals surface area (Å²) >= 11 is 13.4. The maximum Gasteiger partial charge on any atom is 0.253 e. The highest BCUT2D eigenvalue weighted by molar-refractivity contribution is 7.99. The number of rotatable bonds is 8. The highest BCUT2D eigenvalue weighted by Crippen LogP contribution is 2.26. The molecule has 1 saturated carbocycles. The van der Waals surface area contributed by atoms with E-state index in [1.165, 1.54) is 24.2 Å². The molecule has 1 heterocycles. The fourth-order valence-corrected chi connectivity index (χ4v) is 4.93. The summed E-state index contributed by atoms with van der Waals surface area (Å²) in [6.07, 6.45) is 4.60. The van der Waals surface area contributed by atoms with Crippen LogP contribution in [-0.4, -0.2) is 38.8 Å². The minimum absolute atomic E-state index is 0.00815. The highest BCUT2D eigenvalue weighted by atomic mass is 35.5. The van der Waals surface area contributed by atoms with Gasteiger partial charge in [-0.3, -0.25) is 14.7 Å². The molecule has 174 valence electrons. The standard InChI is InChI=1S/C22H29Cl2N5O2S/c1-12(2)19(26-21(31)15-9-8-14(23)10-16(15)24)20-27-22(29-28-20)32-11-18(30)25-17-7-5-4-6-13(17)3/h8-10,12-13,17,19H,4-7,11H2,1-3H3,(H,25,30)(H,26,31)(H,27,28,29)/t13-,17-,19-/m0/s1. The van der Waals surface area contributed by atoms with E-state index in [2.05, 4.69) is 32.7 Å². The van der Waals surface area contributed by atoms with Crippen LogP contribution < -0.4 is 10.6 Å². The van der Waals surface area contributed by atoms with Crippen LogP contribution >= 0.6 is 35.0 Å². The van der Waals surface area contributed by atoms with Gasteiger partial charge in [0.15, 0.2) is 0 Å². The van der Waals surface area contributed by atoms with Crippen LogP contribution in [0.2, 0.25) is 10.0 Å². The number of nitrogens with zero attached hydrogens (tertiary/aromatic N) is 2. The van der Waals surface area contributed by atoms with Gasteiger partial charge in [-0.05, 0) is 42.9 Å². The van der Waals surface area contributed by atoms with Crippen molar-refractivity contribution < 1.29 is 9.59 Å². The Morgan fingerprint density at radius 3 is 2.69 bits per heavy atom. The number of amides is 2. The van der Waals surface area contributed by atoms with Crippen molar-refractivity contribution in [3.63, 3.8) is 0 Å². The van der Waals surface area contributed by atoms with Crippen LogP contribution in [-0.2, 0) is 4.79 Å². The first kappa shape index (κ1) is 24.9. The number of thioether (sulfide) groups is 1. The van der Waals surface area contributed by atoms with Gasteiger partial charge < -0.3 is 10.6 Å². The van der Waals surface area contributed by atoms with E-state index in [4.69, 9.17) is 23.2 Å². The van der Waals surface area contributed by atoms with Crippen LogP contribution in [0.4, 0.5) is 0 Å². The molecule has 0 unspecified atom stereocenters. The van der Waals surface area contributed by atoms with E-state index in [0.717, 1.165) is 19.3 Å². The molecule has 2 aromatic rings. The molecule has 0 aliphatic heterocycles. The topological polar surface area (TPSA) is 99.8 Å². The van der Waals surface area contributed by atoms with Crippen LogP contribution in [0.1, 0.15) is 68.7 Å². The zero-order valence-electron chi connectivity index (χ0n) is 18.5. The Labute approximate surface area is 202 Å². The number of carbonyl (C=O) groups excluding carboxylic acids is 2. The summed E-state index contributed by atoms with van der Waals surface area (Å²) in [6, 6.07) is 4.60. The van der Waals surface area contributed by atoms with Crippen molar-refractivity contribution in [1.82, 2.24) is 25.8 Å². The molecule has 3 rings (SSSR count). The van der Waals surface area contributed by atoms with Crippen molar-refractivity contribution in [3.8, 4) is 0 Å². The lowest BCUT2D eigenvalue weighted by Crippen LogP contribution is -2.41. The Hall–Kier alpha value is -1.77. The van der Waals surface area contributed by atoms with E-state index in [1.54, 1.807) is 12.1 Å². The maximum atomic E-state index is 12.7. The molecule has 7 nitrogen and oxygen atoms in total. The van der Waals surface area contributed by atoms with Crippen molar-refractivity contribution in [3.05, 3.63) is 39.6 Å². The van der Waals surface area contributed by atoms with Crippen molar-refractivity contribution in [2.75, 3.05) is 5.75 Å². The minimum atomic E-state index is -0.395. The van der Waals surface area contributed by atoms with Crippen molar-refractivity contribution in [2.24, 2.45) is 11.8 Å². The molecule has 1 aliphatic rings. The molecule has 0 spiro atoms. The summed E-state index contributed by atoms with van der Waals surface area (Å²) in [7, 11) is 0. The van der Waals surface area contributed by atoms with Crippen LogP contribution in [0.15, 0.2) is 23.4 Å². The van der Waals surface area contributed by atoms with Gasteiger partial charge in [-0.1, -0.05) is 68.6 Å². The lowest BCUT2D eigenvalue weighted by molar-refractivity contribution is -0.119. The van der Waals surface area contributed by atoms with Crippen LogP contribution in [0.25, 0.3) is 0 Å². The molecule has 3 N–H and O–H groups in total. The molecular formula is C22H29Cl2N5O2S. The van der Waals surface area contributed by atoms with Gasteiger partial charge in [0, 0.05) is 11.1 Å². The number of H-pyrrole nitrogens is 1. The summed E-state index contributed by atoms with van der Waals surface area (Å²) in [5.74, 6) is 1.01. The molecule has 0 saturated heterocycles. The van der Waals surface area contributed by atoms with Crippen LogP contribution in [0.3, 0.4) is 0 Å². The van der Waals surface area contributed by atoms with Crippen LogP contribution in [0, 0.1) is 11.8 Å². The molecular weight excluding hydrogens is 469 g/mol. The minimum Gasteiger partial charge on any atom is -0.352 e. The van der Waals surface area contributed by atoms with Crippen molar-refractivity contribution >= 4 is 46.8 Å². The highest BCUT2D eigenvalue weighted by Gasteiger charge is 2.25. The first-order valence-electron chi connectivity index (χ1n) is 10.8. The molecule has 1 fully saturated rings. The smallest absolute Gasteiger partial charge is 0.253 e. The van der Waals surface area contributed by atoms with Crippen molar-refractivity contribution in [2.45, 2.75) is 63.7 Å². The Balaban J connectivity index is 1.58. The average Bonchev–Trinajstić information content (AvgIpc) is 3.20. The normalized spacial score (nSPS) is 19.6. The number of aromatic amines is 1. The zero-order valence-corrected chi connectivity index (χ0v) is 20.8. The van der Waals surface area contributed by atoms with Gasteiger partial charge in [0.1, 0.15) is 5.82 Å². The summed E-state index contributed by atoms with van der Waals surface area (Å²) in [6.45, 7) is 6.14. The Bertz CT molecular complexity index is 952. The molecule has 2 amide bonds. The number of benzene rings is 1. The average molecular weight is 498 g/mol. The van der Waals surface area contributed by atoms with Gasteiger partial charge in [-0.25, -0.2) is 4.98 Å². The maximum absolute atomic E-state index is 12.7. The monoisotopic (exact) mass is 497 g/mol. The summed E-state index contributed by atoms with van der Waals surface area (Å²) in [4.78, 5) is 29.6. The second kappa shape index (κ2) is 11.4. The second-order valence-corrected chi connectivity index (χ2v) is 10.3. The fourth-order valence-electron chi connectivity index (χ4n) is 3.81. The molecule has 0 bridgehead atoms. The quantitative estimate of drug-likeness (QED) is 0.444. The predicted octanol–water partition coefficient (Wildman–Crippen LogP) is 5.03. The predicted molar refractivity (Wildman–Crippen MR) is 128 cm³/mol. The summed E-state index contributed by atoms with van der Waals surface area (Å²) in [5.41, 5.74) is 0.337. The van der Waals surface area contributed by atoms with Crippen molar-refractivity contribution in [1.29, 1.82) is 0 Å². The van der Waals surface area contributed by atoms with E-state index in [0.29, 0.717) is 27.5 Å². The van der Waals surface area contributed by atoms with E-state index < -0.39 is 6.04 Å². The van der Waals surface area contributed by atoms with Crippen LogP contribution in [0.5, 0.6) is 0 Å². The molecule has 0 radical (unpaired) electrons. The second-order valence-electron chi connectivity index (χ2n) is 8.55. The lowest BCUT2D eigenvalue weighted by Gasteiger charge is -2.29. The summed E-state index contributed by atoms with van der Waals surface area (Å²) in [5, 5.41) is 14.4. The number of hydrogen-bond acceptors (Lipinski definition) is 5. The largest absolute Gasteiger partial charge is 0.352 e. The molecule has 1 aromatic heterocycles. The fraction of sp³-hybridized carbons (Fsp3) is 0.545. The third kappa shape index (κ3) is 6.62. The molecule has 3 atom stereocenters. The Morgan fingerprint density at radius 2 is 2.00 bits per heavy atom. The number of hydrogen-bond donors (Lipinski definition) is 3. The van der Waals surface area contributed by atoms with E-state index >= 15 is 0 Å². The number of nitrogens with one attached hydrogen (secondary N) is 3. The molecule has 1 aliphatic carbocycles. The SMILES string of the molecule is CC(C)[C@H](NC(=O)c1ccc(Cl)cc1Cl)c1nc(SCC(=O)N[C@H]2CCCC[C@@H]2C)n[nH]1. The van der Waals surface area contributed by atoms with Gasteiger partial charge in [0.2, 0.25) is 11.1 Å². The number of carbonyl (C=O) groups is 2. The first-order valence-corrected chi connectivity index (χ1v) is 12.6. The van der Waals surface area contributed by atoms with Gasteiger partial charge >= 0.3 is 0 Å². The Kier molecular flexibility index (Phi) is 8.85. The van der Waals surface area contributed by atoms with E-state index in [9.17, 15) is 9.59 Å². The van der Waals surface area contributed by atoms with E-state index in [-0.39, 0.29) is 34.5 Å². The third-order valence-electron chi connectivity index (χ3n) is 5.70. The molecule has 32 heavy (non-hydrogen) atoms. The zero-order chi connectivity index (χ0) is 23.3. The number of aromatic nitrogens is 3. The first-order chi connectivity index (χ1) is 15.2. The lowest BCUT2D eigenvalue weighted by atomic mass is 9.86. The summed E-state index contributed by atoms with van der Waals surface area (Å²) < 4.78 is 0. The Morgan fingerprint density at radius 1 is 1.25 bits per heavy atom. The third-order valence-corrected chi connectivity index (χ3v) is 7.09.